The van der Waals surface area contributed by atoms with Gasteiger partial charge in [-0.2, -0.15) is 22.1 Å². The highest BCUT2D eigenvalue weighted by Crippen LogP contribution is 2.32. The number of hydrogen-bond donors (Lipinski definition) is 1. The van der Waals surface area contributed by atoms with Gasteiger partial charge in [0.25, 0.3) is 5.56 Å². The lowest BCUT2D eigenvalue weighted by atomic mass is 10.1. The first kappa shape index (κ1) is 23.4. The van der Waals surface area contributed by atoms with Gasteiger partial charge in [0.05, 0.1) is 34.5 Å². The number of benzene rings is 1. The Bertz CT molecular complexity index is 1340. The summed E-state index contributed by atoms with van der Waals surface area (Å²) in [5, 5.41) is 8.72. The summed E-state index contributed by atoms with van der Waals surface area (Å²) in [6.07, 6.45) is -4.01. The summed E-state index contributed by atoms with van der Waals surface area (Å²) < 4.78 is 86.4. The van der Waals surface area contributed by atoms with Crippen molar-refractivity contribution < 1.29 is 30.0 Å². The second-order valence-electron chi connectivity index (χ2n) is 5.82. The van der Waals surface area contributed by atoms with Crippen molar-refractivity contribution in [2.75, 3.05) is 16.2 Å². The van der Waals surface area contributed by atoms with Crippen LogP contribution in [-0.2, 0) is 26.2 Å². The molecule has 0 atom stereocenters. The number of nitrogens with zero attached hydrogens (tertiary/aromatic N) is 3. The van der Waals surface area contributed by atoms with Gasteiger partial charge in [0.2, 0.25) is 20.0 Å². The highest BCUT2D eigenvalue weighted by Gasteiger charge is 2.34. The number of nitriles is 1. The molecule has 0 aliphatic rings. The minimum Gasteiger partial charge on any atom is -0.303 e. The fourth-order valence-electron chi connectivity index (χ4n) is 2.44. The Labute approximate surface area is 171 Å². The molecule has 0 amide bonds. The lowest BCUT2D eigenvalue weighted by Gasteiger charge is -2.22. The van der Waals surface area contributed by atoms with Crippen LogP contribution in [0.2, 0.25) is 5.02 Å². The molecule has 10 nitrogen and oxygen atoms in total. The molecule has 2 rings (SSSR count). The fraction of sp³-hybridized carbons (Fsp3) is 0.214. The number of nitrogens with one attached hydrogen (secondary N) is 1. The second kappa shape index (κ2) is 7.45. The molecular weight excluding hydrogens is 477 g/mol. The predicted molar refractivity (Wildman–Crippen MR) is 99.6 cm³/mol. The fourth-order valence-corrected chi connectivity index (χ4v) is 5.67. The summed E-state index contributed by atoms with van der Waals surface area (Å²) in [6.45, 7) is 0. The van der Waals surface area contributed by atoms with E-state index in [1.54, 1.807) is 0 Å². The van der Waals surface area contributed by atoms with Crippen molar-refractivity contribution >= 4 is 37.3 Å². The highest BCUT2D eigenvalue weighted by molar-refractivity contribution is 8.09. The van der Waals surface area contributed by atoms with Gasteiger partial charge in [-0.05, 0) is 12.1 Å². The average molecular weight is 487 g/mol. The lowest BCUT2D eigenvalue weighted by molar-refractivity contribution is -0.141. The van der Waals surface area contributed by atoms with Gasteiger partial charge in [0.1, 0.15) is 11.8 Å². The molecule has 0 bridgehead atoms. The van der Waals surface area contributed by atoms with Crippen LogP contribution in [0.5, 0.6) is 0 Å². The molecular formula is C14H10ClF3N4O6S2. The number of hydrogen-bond acceptors (Lipinski definition) is 7. The van der Waals surface area contributed by atoms with Crippen LogP contribution in [0.1, 0.15) is 11.3 Å². The first-order chi connectivity index (χ1) is 13.5. The molecule has 1 N–H and O–H groups in total. The van der Waals surface area contributed by atoms with Gasteiger partial charge < -0.3 is 4.98 Å². The molecule has 162 valence electrons. The van der Waals surface area contributed by atoms with E-state index >= 15 is 0 Å². The minimum atomic E-state index is -5.04. The monoisotopic (exact) mass is 486 g/mol. The third kappa shape index (κ3) is 4.50. The van der Waals surface area contributed by atoms with Crippen LogP contribution in [0.3, 0.4) is 0 Å². The van der Waals surface area contributed by atoms with Gasteiger partial charge in [0, 0.05) is 6.07 Å². The quantitative estimate of drug-likeness (QED) is 0.671. The number of alkyl halides is 3. The summed E-state index contributed by atoms with van der Waals surface area (Å²) >= 11 is 5.92. The number of halogens is 4. The van der Waals surface area contributed by atoms with Crippen molar-refractivity contribution in [1.29, 1.82) is 5.26 Å². The number of rotatable bonds is 4. The molecule has 1 aromatic carbocycles. The van der Waals surface area contributed by atoms with Crippen LogP contribution < -0.4 is 15.0 Å². The molecule has 0 aliphatic carbocycles. The number of aromatic amines is 1. The van der Waals surface area contributed by atoms with Crippen LogP contribution in [0.4, 0.5) is 18.9 Å². The van der Waals surface area contributed by atoms with Crippen molar-refractivity contribution in [2.45, 2.75) is 6.18 Å². The Morgan fingerprint density at radius 1 is 1.10 bits per heavy atom. The van der Waals surface area contributed by atoms with E-state index in [9.17, 15) is 44.9 Å². The normalized spacial score (nSPS) is 12.4. The van der Waals surface area contributed by atoms with E-state index in [1.807, 2.05) is 0 Å². The maximum Gasteiger partial charge on any atom is 0.431 e. The molecule has 0 spiro atoms. The van der Waals surface area contributed by atoms with E-state index in [4.69, 9.17) is 11.6 Å². The molecule has 0 unspecified atom stereocenters. The zero-order chi connectivity index (χ0) is 23.2. The van der Waals surface area contributed by atoms with Crippen LogP contribution in [0.15, 0.2) is 27.8 Å². The van der Waals surface area contributed by atoms with Gasteiger partial charge in [-0.3, -0.25) is 4.79 Å². The van der Waals surface area contributed by atoms with Crippen molar-refractivity contribution in [3.63, 3.8) is 0 Å². The largest absolute Gasteiger partial charge is 0.431 e. The van der Waals surface area contributed by atoms with Gasteiger partial charge >= 0.3 is 11.9 Å². The zero-order valence-corrected chi connectivity index (χ0v) is 17.2. The standard InChI is InChI=1S/C14H10ClF3N4O6S2/c1-29(25,26)22(30(2,27)28)9-4-10(8(15)3-7(9)6-19)21-12(23)5-11(14(16,17)18)20-13(21)24/h3-5H,1-2H3,(H,20,24). The van der Waals surface area contributed by atoms with Gasteiger partial charge in [-0.25, -0.2) is 26.2 Å². The number of aromatic nitrogens is 2. The topological polar surface area (TPSA) is 150 Å². The van der Waals surface area contributed by atoms with Gasteiger partial charge in [0.15, 0.2) is 0 Å². The van der Waals surface area contributed by atoms with E-state index in [-0.39, 0.29) is 14.3 Å². The molecule has 0 fully saturated rings. The SMILES string of the molecule is CS(=O)(=O)N(c1cc(-n2c(=O)cc(C(F)(F)F)[nH]c2=O)c(Cl)cc1C#N)S(C)(=O)=O. The molecule has 0 radical (unpaired) electrons. The third-order valence-electron chi connectivity index (χ3n) is 3.46. The van der Waals surface area contributed by atoms with E-state index in [1.165, 1.54) is 11.1 Å². The Morgan fingerprint density at radius 3 is 2.03 bits per heavy atom. The van der Waals surface area contributed by atoms with E-state index in [0.717, 1.165) is 6.07 Å². The smallest absolute Gasteiger partial charge is 0.303 e. The van der Waals surface area contributed by atoms with Crippen LogP contribution in [0, 0.1) is 11.3 Å². The van der Waals surface area contributed by atoms with Crippen molar-refractivity contribution in [3.8, 4) is 11.8 Å². The molecule has 30 heavy (non-hydrogen) atoms. The van der Waals surface area contributed by atoms with Crippen LogP contribution >= 0.6 is 11.6 Å². The molecule has 0 saturated heterocycles. The van der Waals surface area contributed by atoms with E-state index in [0.29, 0.717) is 18.6 Å². The van der Waals surface area contributed by atoms with Crippen LogP contribution in [0.25, 0.3) is 5.69 Å². The number of H-pyrrole nitrogens is 1. The van der Waals surface area contributed by atoms with Gasteiger partial charge in [-0.15, -0.1) is 0 Å². The molecule has 16 heteroatoms. The molecule has 1 aromatic heterocycles. The first-order valence-electron chi connectivity index (χ1n) is 7.36. The van der Waals surface area contributed by atoms with E-state index in [2.05, 4.69) is 0 Å². The summed E-state index contributed by atoms with van der Waals surface area (Å²) in [6, 6.07) is 2.96. The minimum absolute atomic E-state index is 0.0561. The Balaban J connectivity index is 2.97. The molecule has 2 aromatic rings. The second-order valence-corrected chi connectivity index (χ2v) is 10.1. The summed E-state index contributed by atoms with van der Waals surface area (Å²) in [5.41, 5.74) is -6.72. The predicted octanol–water partition coefficient (Wildman–Crippen LogP) is 0.795. The summed E-state index contributed by atoms with van der Waals surface area (Å²) in [4.78, 5) is 25.7. The molecule has 0 saturated carbocycles. The summed E-state index contributed by atoms with van der Waals surface area (Å²) in [5.74, 6) is 0. The highest BCUT2D eigenvalue weighted by atomic mass is 35.5. The lowest BCUT2D eigenvalue weighted by Crippen LogP contribution is -2.37. The number of anilines is 1. The Kier molecular flexibility index (Phi) is 5.82. The number of sulfonamides is 2. The Hall–Kier alpha value is -2.83. The van der Waals surface area contributed by atoms with Crippen molar-refractivity contribution in [3.05, 3.63) is 55.3 Å². The van der Waals surface area contributed by atoms with Gasteiger partial charge in [-0.1, -0.05) is 11.6 Å². The van der Waals surface area contributed by atoms with E-state index < -0.39 is 65.1 Å². The molecule has 1 heterocycles. The van der Waals surface area contributed by atoms with Crippen LogP contribution in [-0.4, -0.2) is 38.9 Å². The third-order valence-corrected chi connectivity index (χ3v) is 6.99. The maximum atomic E-state index is 12.8. The zero-order valence-electron chi connectivity index (χ0n) is 14.9. The maximum absolute atomic E-state index is 12.8. The Morgan fingerprint density at radius 2 is 1.63 bits per heavy atom. The molecule has 0 aliphatic heterocycles. The first-order valence-corrected chi connectivity index (χ1v) is 11.4. The van der Waals surface area contributed by atoms with Crippen molar-refractivity contribution in [1.82, 2.24) is 9.55 Å². The average Bonchev–Trinajstić information content (AvgIpc) is 2.53. The van der Waals surface area contributed by atoms with Crippen molar-refractivity contribution in [2.24, 2.45) is 0 Å². The summed E-state index contributed by atoms with van der Waals surface area (Å²) in [7, 11) is -9.07.